The SMILES string of the molecule is CC1CCCC(C)N(C(=O)CC(C)C2CCCNC2)C1. The number of nitrogens with one attached hydrogen (secondary N) is 1. The molecule has 0 spiro atoms. The Labute approximate surface area is 124 Å². The lowest BCUT2D eigenvalue weighted by atomic mass is 9.85. The zero-order chi connectivity index (χ0) is 14.5. The van der Waals surface area contributed by atoms with E-state index < -0.39 is 0 Å². The first-order chi connectivity index (χ1) is 9.58. The van der Waals surface area contributed by atoms with Gasteiger partial charge in [0.25, 0.3) is 0 Å². The molecule has 1 N–H and O–H groups in total. The number of nitrogens with zero attached hydrogens (tertiary/aromatic N) is 1. The van der Waals surface area contributed by atoms with E-state index in [4.69, 9.17) is 0 Å². The minimum absolute atomic E-state index is 0.393. The molecule has 0 aromatic rings. The van der Waals surface area contributed by atoms with Gasteiger partial charge in [0.2, 0.25) is 5.91 Å². The average molecular weight is 280 g/mol. The van der Waals surface area contributed by atoms with Crippen LogP contribution in [0.4, 0.5) is 0 Å². The van der Waals surface area contributed by atoms with Crippen LogP contribution in [0.1, 0.15) is 59.3 Å². The molecule has 0 aromatic carbocycles. The summed E-state index contributed by atoms with van der Waals surface area (Å²) >= 11 is 0. The molecule has 0 radical (unpaired) electrons. The molecule has 2 fully saturated rings. The van der Waals surface area contributed by atoms with Crippen molar-refractivity contribution in [3.05, 3.63) is 0 Å². The number of carbonyl (C=O) groups excluding carboxylic acids is 1. The Morgan fingerprint density at radius 1 is 1.25 bits per heavy atom. The first kappa shape index (κ1) is 15.8. The molecule has 3 nitrogen and oxygen atoms in total. The van der Waals surface area contributed by atoms with Crippen molar-refractivity contribution in [2.24, 2.45) is 17.8 Å². The van der Waals surface area contributed by atoms with E-state index in [-0.39, 0.29) is 0 Å². The summed E-state index contributed by atoms with van der Waals surface area (Å²) < 4.78 is 0. The van der Waals surface area contributed by atoms with Crippen LogP contribution in [0.3, 0.4) is 0 Å². The van der Waals surface area contributed by atoms with Crippen molar-refractivity contribution in [2.75, 3.05) is 19.6 Å². The van der Waals surface area contributed by atoms with E-state index in [0.29, 0.717) is 29.7 Å². The number of hydrogen-bond acceptors (Lipinski definition) is 2. The Hall–Kier alpha value is -0.570. The van der Waals surface area contributed by atoms with Crippen molar-refractivity contribution in [3.63, 3.8) is 0 Å². The topological polar surface area (TPSA) is 32.3 Å². The van der Waals surface area contributed by atoms with Gasteiger partial charge in [0, 0.05) is 19.0 Å². The van der Waals surface area contributed by atoms with Gasteiger partial charge in [0.15, 0.2) is 0 Å². The first-order valence-electron chi connectivity index (χ1n) is 8.58. The van der Waals surface area contributed by atoms with E-state index in [1.165, 1.54) is 32.1 Å². The maximum absolute atomic E-state index is 12.7. The molecule has 20 heavy (non-hydrogen) atoms. The van der Waals surface area contributed by atoms with E-state index in [9.17, 15) is 4.79 Å². The predicted molar refractivity (Wildman–Crippen MR) is 83.6 cm³/mol. The normalized spacial score (nSPS) is 33.5. The third kappa shape index (κ3) is 4.21. The van der Waals surface area contributed by atoms with E-state index in [0.717, 1.165) is 26.1 Å². The van der Waals surface area contributed by atoms with Crippen LogP contribution in [0, 0.1) is 17.8 Å². The Bertz CT molecular complexity index is 312. The highest BCUT2D eigenvalue weighted by Gasteiger charge is 2.28. The molecule has 2 heterocycles. The van der Waals surface area contributed by atoms with Gasteiger partial charge in [0.1, 0.15) is 0 Å². The van der Waals surface area contributed by atoms with Crippen LogP contribution >= 0.6 is 0 Å². The molecule has 0 aliphatic carbocycles. The fourth-order valence-electron chi connectivity index (χ4n) is 3.80. The number of rotatable bonds is 3. The molecule has 2 saturated heterocycles. The smallest absolute Gasteiger partial charge is 0.223 e. The zero-order valence-electron chi connectivity index (χ0n) is 13.5. The molecule has 1 amide bonds. The molecule has 0 saturated carbocycles. The van der Waals surface area contributed by atoms with Gasteiger partial charge in [-0.05, 0) is 63.5 Å². The third-order valence-corrected chi connectivity index (χ3v) is 5.32. The largest absolute Gasteiger partial charge is 0.340 e. The predicted octanol–water partition coefficient (Wildman–Crippen LogP) is 3.05. The van der Waals surface area contributed by atoms with Crippen LogP contribution in [-0.2, 0) is 4.79 Å². The summed E-state index contributed by atoms with van der Waals surface area (Å²) in [4.78, 5) is 14.8. The second kappa shape index (κ2) is 7.44. The number of likely N-dealkylation sites (tertiary alicyclic amines) is 1. The molecule has 0 bridgehead atoms. The molecule has 0 aromatic heterocycles. The fourth-order valence-corrected chi connectivity index (χ4v) is 3.80. The highest BCUT2D eigenvalue weighted by Crippen LogP contribution is 2.26. The first-order valence-corrected chi connectivity index (χ1v) is 8.58. The Morgan fingerprint density at radius 2 is 2.05 bits per heavy atom. The highest BCUT2D eigenvalue weighted by atomic mass is 16.2. The standard InChI is InChI=1S/C17H32N2O/c1-13-6-4-7-15(3)19(12-13)17(20)10-14(2)16-8-5-9-18-11-16/h13-16,18H,4-12H2,1-3H3. The molecular weight excluding hydrogens is 248 g/mol. The summed E-state index contributed by atoms with van der Waals surface area (Å²) in [5, 5.41) is 3.47. The van der Waals surface area contributed by atoms with Gasteiger partial charge in [-0.2, -0.15) is 0 Å². The van der Waals surface area contributed by atoms with Gasteiger partial charge in [-0.25, -0.2) is 0 Å². The third-order valence-electron chi connectivity index (χ3n) is 5.32. The monoisotopic (exact) mass is 280 g/mol. The molecule has 3 heteroatoms. The van der Waals surface area contributed by atoms with Crippen molar-refractivity contribution < 1.29 is 4.79 Å². The van der Waals surface area contributed by atoms with Crippen molar-refractivity contribution in [1.29, 1.82) is 0 Å². The van der Waals surface area contributed by atoms with Gasteiger partial charge in [-0.15, -0.1) is 0 Å². The van der Waals surface area contributed by atoms with Gasteiger partial charge < -0.3 is 10.2 Å². The summed E-state index contributed by atoms with van der Waals surface area (Å²) in [5.41, 5.74) is 0. The van der Waals surface area contributed by atoms with Gasteiger partial charge in [0.05, 0.1) is 0 Å². The Balaban J connectivity index is 1.88. The van der Waals surface area contributed by atoms with Crippen molar-refractivity contribution in [2.45, 2.75) is 65.3 Å². The minimum Gasteiger partial charge on any atom is -0.340 e. The van der Waals surface area contributed by atoms with Crippen molar-refractivity contribution >= 4 is 5.91 Å². The maximum Gasteiger partial charge on any atom is 0.223 e. The zero-order valence-corrected chi connectivity index (χ0v) is 13.5. The van der Waals surface area contributed by atoms with Crippen LogP contribution in [0.25, 0.3) is 0 Å². The molecule has 2 aliphatic heterocycles. The summed E-state index contributed by atoms with van der Waals surface area (Å²) in [5.74, 6) is 2.26. The van der Waals surface area contributed by atoms with Crippen LogP contribution in [0.15, 0.2) is 0 Å². The van der Waals surface area contributed by atoms with Gasteiger partial charge in [-0.3, -0.25) is 4.79 Å². The van der Waals surface area contributed by atoms with Crippen molar-refractivity contribution in [3.8, 4) is 0 Å². The lowest BCUT2D eigenvalue weighted by Gasteiger charge is -2.33. The van der Waals surface area contributed by atoms with E-state index >= 15 is 0 Å². The van der Waals surface area contributed by atoms with Gasteiger partial charge in [-0.1, -0.05) is 20.3 Å². The quantitative estimate of drug-likeness (QED) is 0.862. The van der Waals surface area contributed by atoms with Crippen LogP contribution < -0.4 is 5.32 Å². The average Bonchev–Trinajstić information content (AvgIpc) is 2.61. The summed E-state index contributed by atoms with van der Waals surface area (Å²) in [6, 6.07) is 0.434. The number of hydrogen-bond donors (Lipinski definition) is 1. The van der Waals surface area contributed by atoms with Crippen LogP contribution in [-0.4, -0.2) is 36.5 Å². The highest BCUT2D eigenvalue weighted by molar-refractivity contribution is 5.76. The second-order valence-electron chi connectivity index (χ2n) is 7.22. The Kier molecular flexibility index (Phi) is 5.88. The maximum atomic E-state index is 12.7. The molecule has 116 valence electrons. The van der Waals surface area contributed by atoms with E-state index in [1.807, 2.05) is 0 Å². The lowest BCUT2D eigenvalue weighted by Crippen LogP contribution is -2.42. The number of carbonyl (C=O) groups is 1. The molecule has 4 atom stereocenters. The molecule has 2 rings (SSSR count). The number of amides is 1. The van der Waals surface area contributed by atoms with Crippen molar-refractivity contribution in [1.82, 2.24) is 10.2 Å². The Morgan fingerprint density at radius 3 is 2.75 bits per heavy atom. The van der Waals surface area contributed by atoms with Crippen LogP contribution in [0.2, 0.25) is 0 Å². The number of piperidine rings is 1. The summed E-state index contributed by atoms with van der Waals surface area (Å²) in [7, 11) is 0. The summed E-state index contributed by atoms with van der Waals surface area (Å²) in [6.45, 7) is 9.99. The minimum atomic E-state index is 0.393. The molecule has 4 unspecified atom stereocenters. The van der Waals surface area contributed by atoms with Gasteiger partial charge >= 0.3 is 0 Å². The van der Waals surface area contributed by atoms with E-state index in [1.54, 1.807) is 0 Å². The van der Waals surface area contributed by atoms with E-state index in [2.05, 4.69) is 31.0 Å². The van der Waals surface area contributed by atoms with Crippen LogP contribution in [0.5, 0.6) is 0 Å². The fraction of sp³-hybridized carbons (Fsp3) is 0.941. The second-order valence-corrected chi connectivity index (χ2v) is 7.22. The molecule has 2 aliphatic rings. The summed E-state index contributed by atoms with van der Waals surface area (Å²) in [6.07, 6.45) is 7.01. The lowest BCUT2D eigenvalue weighted by molar-refractivity contribution is -0.135. The molecular formula is C17H32N2O.